The standard InChI is InChI=1S/C24H29F3N2O5S/c1-23(2,3)28-22(30)29(16-19-10-7-13-33-19)15-17-8-4-5-12-21(17)34-35(31,32)20-11-6-9-18(14-20)24(25,26)27/h4-6,8-9,11-12,14,19H,7,10,13,15-16H2,1-3H3,(H,28,30)/t19-/m0/s1. The van der Waals surface area contributed by atoms with E-state index in [9.17, 15) is 26.4 Å². The quantitative estimate of drug-likeness (QED) is 0.528. The lowest BCUT2D eigenvalue weighted by molar-refractivity contribution is -0.137. The second-order valence-electron chi connectivity index (χ2n) is 9.37. The van der Waals surface area contributed by atoms with Crippen LogP contribution in [0.2, 0.25) is 0 Å². The summed E-state index contributed by atoms with van der Waals surface area (Å²) in [6.07, 6.45) is -3.18. The van der Waals surface area contributed by atoms with Gasteiger partial charge in [-0.25, -0.2) is 4.79 Å². The van der Waals surface area contributed by atoms with Crippen LogP contribution in [0, 0.1) is 0 Å². The molecule has 35 heavy (non-hydrogen) atoms. The molecule has 192 valence electrons. The maximum absolute atomic E-state index is 13.1. The van der Waals surface area contributed by atoms with Gasteiger partial charge in [0.15, 0.2) is 0 Å². The number of amides is 2. The number of para-hydroxylation sites is 1. The highest BCUT2D eigenvalue weighted by Crippen LogP contribution is 2.32. The molecule has 7 nitrogen and oxygen atoms in total. The Labute approximate surface area is 203 Å². The third kappa shape index (κ3) is 7.60. The number of urea groups is 1. The summed E-state index contributed by atoms with van der Waals surface area (Å²) in [7, 11) is -4.57. The lowest BCUT2D eigenvalue weighted by Crippen LogP contribution is -2.50. The topological polar surface area (TPSA) is 84.9 Å². The van der Waals surface area contributed by atoms with Gasteiger partial charge in [-0.3, -0.25) is 0 Å². The molecule has 2 amide bonds. The van der Waals surface area contributed by atoms with Crippen LogP contribution in [0.25, 0.3) is 0 Å². The number of alkyl halides is 3. The van der Waals surface area contributed by atoms with Gasteiger partial charge in [-0.05, 0) is 57.9 Å². The third-order valence-electron chi connectivity index (χ3n) is 5.20. The Balaban J connectivity index is 1.87. The Morgan fingerprint density at radius 1 is 1.14 bits per heavy atom. The monoisotopic (exact) mass is 514 g/mol. The number of carbonyl (C=O) groups is 1. The molecule has 2 aromatic carbocycles. The number of hydrogen-bond donors (Lipinski definition) is 1. The molecule has 1 aliphatic heterocycles. The van der Waals surface area contributed by atoms with E-state index in [0.717, 1.165) is 31.0 Å². The molecule has 1 atom stereocenters. The SMILES string of the molecule is CC(C)(C)NC(=O)N(Cc1ccccc1OS(=O)(=O)c1cccc(C(F)(F)F)c1)C[C@@H]1CCCO1. The summed E-state index contributed by atoms with van der Waals surface area (Å²) in [5.41, 5.74) is -1.23. The van der Waals surface area contributed by atoms with E-state index >= 15 is 0 Å². The molecule has 1 fully saturated rings. The minimum atomic E-state index is -4.70. The van der Waals surface area contributed by atoms with Gasteiger partial charge in [0.05, 0.1) is 18.2 Å². The Hall–Kier alpha value is -2.79. The molecule has 3 rings (SSSR count). The minimum absolute atomic E-state index is 0.00998. The van der Waals surface area contributed by atoms with Crippen molar-refractivity contribution in [3.05, 3.63) is 59.7 Å². The Morgan fingerprint density at radius 3 is 2.49 bits per heavy atom. The highest BCUT2D eigenvalue weighted by molar-refractivity contribution is 7.87. The number of rotatable bonds is 7. The lowest BCUT2D eigenvalue weighted by Gasteiger charge is -2.30. The van der Waals surface area contributed by atoms with E-state index < -0.39 is 32.3 Å². The number of halogens is 3. The highest BCUT2D eigenvalue weighted by Gasteiger charge is 2.32. The van der Waals surface area contributed by atoms with Gasteiger partial charge in [-0.1, -0.05) is 24.3 Å². The van der Waals surface area contributed by atoms with Crippen molar-refractivity contribution < 1.29 is 35.3 Å². The van der Waals surface area contributed by atoms with Crippen LogP contribution in [0.15, 0.2) is 53.4 Å². The van der Waals surface area contributed by atoms with Gasteiger partial charge in [-0.15, -0.1) is 0 Å². The van der Waals surface area contributed by atoms with Crippen molar-refractivity contribution in [1.82, 2.24) is 10.2 Å². The smallest absolute Gasteiger partial charge is 0.379 e. The average Bonchev–Trinajstić information content (AvgIpc) is 3.26. The van der Waals surface area contributed by atoms with Crippen LogP contribution >= 0.6 is 0 Å². The second kappa shape index (κ2) is 10.4. The van der Waals surface area contributed by atoms with Crippen molar-refractivity contribution in [1.29, 1.82) is 0 Å². The van der Waals surface area contributed by atoms with E-state index in [1.807, 2.05) is 20.8 Å². The fourth-order valence-electron chi connectivity index (χ4n) is 3.57. The first-order valence-corrected chi connectivity index (χ1v) is 12.5. The van der Waals surface area contributed by atoms with Crippen LogP contribution in [-0.4, -0.2) is 44.1 Å². The van der Waals surface area contributed by atoms with E-state index in [4.69, 9.17) is 8.92 Å². The first-order chi connectivity index (χ1) is 16.2. The second-order valence-corrected chi connectivity index (χ2v) is 10.9. The van der Waals surface area contributed by atoms with Gasteiger partial charge in [-0.2, -0.15) is 21.6 Å². The number of hydrogen-bond acceptors (Lipinski definition) is 5. The first-order valence-electron chi connectivity index (χ1n) is 11.1. The number of nitrogens with one attached hydrogen (secondary N) is 1. The summed E-state index contributed by atoms with van der Waals surface area (Å²) in [4.78, 5) is 13.9. The summed E-state index contributed by atoms with van der Waals surface area (Å²) in [6.45, 7) is 6.43. The maximum Gasteiger partial charge on any atom is 0.416 e. The number of ether oxygens (including phenoxy) is 1. The molecule has 1 N–H and O–H groups in total. The van der Waals surface area contributed by atoms with Crippen LogP contribution in [0.3, 0.4) is 0 Å². The third-order valence-corrected chi connectivity index (χ3v) is 6.43. The van der Waals surface area contributed by atoms with Crippen LogP contribution in [0.1, 0.15) is 44.7 Å². The van der Waals surface area contributed by atoms with E-state index in [0.29, 0.717) is 18.2 Å². The van der Waals surface area contributed by atoms with Gasteiger partial charge in [0.1, 0.15) is 10.6 Å². The van der Waals surface area contributed by atoms with E-state index in [1.54, 1.807) is 18.2 Å². The van der Waals surface area contributed by atoms with Crippen LogP contribution in [0.4, 0.5) is 18.0 Å². The molecule has 0 aromatic heterocycles. The molecule has 0 unspecified atom stereocenters. The summed E-state index contributed by atoms with van der Waals surface area (Å²) in [5, 5.41) is 2.89. The Morgan fingerprint density at radius 2 is 1.86 bits per heavy atom. The molecule has 1 saturated heterocycles. The molecule has 1 aliphatic rings. The van der Waals surface area contributed by atoms with Gasteiger partial charge in [0, 0.05) is 24.3 Å². The normalized spacial score (nSPS) is 16.7. The molecule has 11 heteroatoms. The predicted molar refractivity (Wildman–Crippen MR) is 123 cm³/mol. The molecular formula is C24H29F3N2O5S. The minimum Gasteiger partial charge on any atom is -0.379 e. The molecule has 1 heterocycles. The van der Waals surface area contributed by atoms with Crippen LogP contribution < -0.4 is 9.50 Å². The van der Waals surface area contributed by atoms with Crippen LogP contribution in [0.5, 0.6) is 5.75 Å². The number of carbonyl (C=O) groups excluding carboxylic acids is 1. The maximum atomic E-state index is 13.1. The van der Waals surface area contributed by atoms with Crippen molar-refractivity contribution in [3.63, 3.8) is 0 Å². The zero-order valence-electron chi connectivity index (χ0n) is 19.8. The molecule has 0 spiro atoms. The van der Waals surface area contributed by atoms with Crippen molar-refractivity contribution in [2.45, 2.75) is 62.9 Å². The summed E-state index contributed by atoms with van der Waals surface area (Å²) in [6, 6.07) is 9.19. The molecule has 0 bridgehead atoms. The van der Waals surface area contributed by atoms with Gasteiger partial charge < -0.3 is 19.1 Å². The molecule has 0 radical (unpaired) electrons. The number of benzene rings is 2. The lowest BCUT2D eigenvalue weighted by atomic mass is 10.1. The zero-order chi connectivity index (χ0) is 25.9. The summed E-state index contributed by atoms with van der Waals surface area (Å²) in [5.74, 6) is -0.0780. The largest absolute Gasteiger partial charge is 0.416 e. The number of nitrogens with zero attached hydrogens (tertiary/aromatic N) is 1. The van der Waals surface area contributed by atoms with Crippen molar-refractivity contribution in [3.8, 4) is 5.75 Å². The van der Waals surface area contributed by atoms with Gasteiger partial charge in [0.2, 0.25) is 0 Å². The highest BCUT2D eigenvalue weighted by atomic mass is 32.2. The van der Waals surface area contributed by atoms with Gasteiger partial charge in [0.25, 0.3) is 0 Å². The molecule has 0 aliphatic carbocycles. The average molecular weight is 515 g/mol. The van der Waals surface area contributed by atoms with Crippen molar-refractivity contribution in [2.24, 2.45) is 0 Å². The predicted octanol–water partition coefficient (Wildman–Crippen LogP) is 4.96. The molecule has 2 aromatic rings. The Bertz CT molecular complexity index is 1140. The van der Waals surface area contributed by atoms with Crippen LogP contribution in [-0.2, 0) is 27.6 Å². The van der Waals surface area contributed by atoms with E-state index in [-0.39, 0.29) is 31.0 Å². The molecule has 0 saturated carbocycles. The summed E-state index contributed by atoms with van der Waals surface area (Å²) >= 11 is 0. The van der Waals surface area contributed by atoms with Gasteiger partial charge >= 0.3 is 22.3 Å². The van der Waals surface area contributed by atoms with E-state index in [1.165, 1.54) is 11.0 Å². The fourth-order valence-corrected chi connectivity index (χ4v) is 4.58. The summed E-state index contributed by atoms with van der Waals surface area (Å²) < 4.78 is 75.7. The first kappa shape index (κ1) is 26.8. The van der Waals surface area contributed by atoms with Crippen molar-refractivity contribution >= 4 is 16.1 Å². The fraction of sp³-hybridized carbons (Fsp3) is 0.458. The zero-order valence-corrected chi connectivity index (χ0v) is 20.6. The Kier molecular flexibility index (Phi) is 8.00. The van der Waals surface area contributed by atoms with E-state index in [2.05, 4.69) is 5.32 Å². The molecular weight excluding hydrogens is 485 g/mol. The van der Waals surface area contributed by atoms with Crippen molar-refractivity contribution in [2.75, 3.05) is 13.2 Å².